The number of ether oxygens (including phenoxy) is 1. The molecule has 11 heteroatoms. The molecule has 0 saturated carbocycles. The number of hydrogen-bond acceptors (Lipinski definition) is 2. The number of rotatable bonds is 8. The van der Waals surface area contributed by atoms with Crippen molar-refractivity contribution in [3.8, 4) is 0 Å². The fourth-order valence-corrected chi connectivity index (χ4v) is 3.52. The van der Waals surface area contributed by atoms with E-state index in [4.69, 9.17) is 4.74 Å². The van der Waals surface area contributed by atoms with Gasteiger partial charge in [-0.2, -0.15) is 26.3 Å². The lowest BCUT2D eigenvalue weighted by molar-refractivity contribution is -0.143. The largest absolute Gasteiger partial charge is 0.416 e. The summed E-state index contributed by atoms with van der Waals surface area (Å²) in [6.07, 6.45) is -8.22. The van der Waals surface area contributed by atoms with Crippen LogP contribution in [0.4, 0.5) is 36.8 Å². The van der Waals surface area contributed by atoms with Crippen LogP contribution in [0.2, 0.25) is 0 Å². The van der Waals surface area contributed by atoms with Crippen molar-refractivity contribution in [1.82, 2.24) is 9.47 Å². The van der Waals surface area contributed by atoms with E-state index in [0.717, 1.165) is 16.8 Å². The van der Waals surface area contributed by atoms with Gasteiger partial charge in [-0.15, -0.1) is 0 Å². The van der Waals surface area contributed by atoms with Crippen LogP contribution in [0, 0.1) is 6.92 Å². The van der Waals surface area contributed by atoms with Crippen molar-refractivity contribution in [2.45, 2.75) is 32.4 Å². The first-order chi connectivity index (χ1) is 16.9. The Labute approximate surface area is 204 Å². The van der Waals surface area contributed by atoms with Crippen LogP contribution in [0.5, 0.6) is 0 Å². The van der Waals surface area contributed by atoms with E-state index in [1.54, 1.807) is 12.1 Å². The number of aromatic nitrogens is 1. The Morgan fingerprint density at radius 3 is 2.14 bits per heavy atom. The second-order valence-electron chi connectivity index (χ2n) is 8.25. The second kappa shape index (κ2) is 11.1. The maximum absolute atomic E-state index is 13.2. The summed E-state index contributed by atoms with van der Waals surface area (Å²) >= 11 is 0. The van der Waals surface area contributed by atoms with Gasteiger partial charge in [0.2, 0.25) is 0 Å². The molecule has 1 heterocycles. The zero-order chi connectivity index (χ0) is 26.5. The van der Waals surface area contributed by atoms with Gasteiger partial charge in [-0.3, -0.25) is 0 Å². The first-order valence-corrected chi connectivity index (χ1v) is 10.9. The van der Waals surface area contributed by atoms with Crippen LogP contribution < -0.4 is 5.32 Å². The molecule has 194 valence electrons. The fraction of sp³-hybridized carbons (Fsp3) is 0.320. The van der Waals surface area contributed by atoms with Crippen molar-refractivity contribution in [1.29, 1.82) is 0 Å². The Balaban J connectivity index is 1.83. The number of carbonyl (C=O) groups is 1. The maximum Gasteiger partial charge on any atom is 0.416 e. The van der Waals surface area contributed by atoms with Gasteiger partial charge in [0.15, 0.2) is 0 Å². The van der Waals surface area contributed by atoms with Gasteiger partial charge in [0.25, 0.3) is 0 Å². The number of nitrogens with zero attached hydrogens (tertiary/aromatic N) is 2. The van der Waals surface area contributed by atoms with Crippen molar-refractivity contribution in [2.75, 3.05) is 25.6 Å². The van der Waals surface area contributed by atoms with E-state index >= 15 is 0 Å². The standard InChI is InChI=1S/C25H25F6N3O2/c1-17-5-7-18(8-6-17)15-33-9-3-4-22(33)16-34(10-11-36-2)23(35)32-21-13-19(24(26,27)28)12-20(14-21)25(29,30)31/h3-9,12-14H,10-11,15-16H2,1-2H3,(H,32,35). The number of benzene rings is 2. The number of carbonyl (C=O) groups excluding carboxylic acids is 1. The van der Waals surface area contributed by atoms with Crippen LogP contribution in [0.1, 0.15) is 27.9 Å². The second-order valence-corrected chi connectivity index (χ2v) is 8.25. The third-order valence-electron chi connectivity index (χ3n) is 5.44. The number of aryl methyl sites for hydroxylation is 1. The molecule has 0 aliphatic heterocycles. The van der Waals surface area contributed by atoms with E-state index < -0.39 is 35.2 Å². The molecule has 0 saturated heterocycles. The number of hydrogen-bond donors (Lipinski definition) is 1. The minimum Gasteiger partial charge on any atom is -0.383 e. The topological polar surface area (TPSA) is 46.5 Å². The molecule has 2 aromatic carbocycles. The molecule has 2 amide bonds. The third kappa shape index (κ3) is 7.27. The van der Waals surface area contributed by atoms with Gasteiger partial charge >= 0.3 is 18.4 Å². The van der Waals surface area contributed by atoms with E-state index in [1.165, 1.54) is 12.0 Å². The zero-order valence-electron chi connectivity index (χ0n) is 19.6. The molecule has 0 unspecified atom stereocenters. The van der Waals surface area contributed by atoms with Crippen molar-refractivity contribution in [2.24, 2.45) is 0 Å². The van der Waals surface area contributed by atoms with Gasteiger partial charge in [-0.1, -0.05) is 29.8 Å². The van der Waals surface area contributed by atoms with Crippen molar-refractivity contribution in [3.63, 3.8) is 0 Å². The predicted molar refractivity (Wildman–Crippen MR) is 122 cm³/mol. The molecule has 0 aliphatic carbocycles. The molecule has 5 nitrogen and oxygen atoms in total. The van der Waals surface area contributed by atoms with E-state index in [2.05, 4.69) is 5.32 Å². The van der Waals surface area contributed by atoms with Crippen LogP contribution in [0.15, 0.2) is 60.8 Å². The normalized spacial score (nSPS) is 12.0. The number of nitrogens with one attached hydrogen (secondary N) is 1. The molecular weight excluding hydrogens is 488 g/mol. The number of halogens is 6. The highest BCUT2D eigenvalue weighted by atomic mass is 19.4. The van der Waals surface area contributed by atoms with E-state index in [0.29, 0.717) is 18.7 Å². The predicted octanol–water partition coefficient (Wildman–Crippen LogP) is 6.56. The molecule has 0 aliphatic rings. The lowest BCUT2D eigenvalue weighted by atomic mass is 10.1. The third-order valence-corrected chi connectivity index (χ3v) is 5.44. The summed E-state index contributed by atoms with van der Waals surface area (Å²) in [5.74, 6) is 0. The van der Waals surface area contributed by atoms with Gasteiger partial charge in [-0.05, 0) is 42.8 Å². The molecule has 3 aromatic rings. The number of amides is 2. The molecule has 0 bridgehead atoms. The lowest BCUT2D eigenvalue weighted by Crippen LogP contribution is -2.37. The first kappa shape index (κ1) is 27.1. The molecule has 3 rings (SSSR count). The van der Waals surface area contributed by atoms with Crippen molar-refractivity contribution >= 4 is 11.7 Å². The molecule has 0 fully saturated rings. The van der Waals surface area contributed by atoms with E-state index in [9.17, 15) is 31.1 Å². The number of alkyl halides is 6. The Kier molecular flexibility index (Phi) is 8.34. The maximum atomic E-state index is 13.2. The molecule has 36 heavy (non-hydrogen) atoms. The molecule has 0 atom stereocenters. The van der Waals surface area contributed by atoms with Gasteiger partial charge in [0.1, 0.15) is 0 Å². The molecule has 1 N–H and O–H groups in total. The molecule has 0 radical (unpaired) electrons. The van der Waals surface area contributed by atoms with Gasteiger partial charge in [0.05, 0.1) is 24.3 Å². The summed E-state index contributed by atoms with van der Waals surface area (Å²) in [5, 5.41) is 2.19. The minimum absolute atomic E-state index is 0.0102. The SMILES string of the molecule is COCCN(Cc1cccn1Cc1ccc(C)cc1)C(=O)Nc1cc(C(F)(F)F)cc(C(F)(F)F)c1. The number of methoxy groups -OCH3 is 1. The monoisotopic (exact) mass is 513 g/mol. The Hall–Kier alpha value is -3.47. The van der Waals surface area contributed by atoms with Crippen molar-refractivity contribution < 1.29 is 35.9 Å². The molecular formula is C25H25F6N3O2. The Morgan fingerprint density at radius 2 is 1.58 bits per heavy atom. The van der Waals surface area contributed by atoms with Crippen LogP contribution in [-0.4, -0.2) is 35.8 Å². The first-order valence-electron chi connectivity index (χ1n) is 10.9. The highest BCUT2D eigenvalue weighted by molar-refractivity contribution is 5.89. The zero-order valence-corrected chi connectivity index (χ0v) is 19.6. The minimum atomic E-state index is -5.02. The van der Waals surface area contributed by atoms with E-state index in [1.807, 2.05) is 42.0 Å². The number of urea groups is 1. The van der Waals surface area contributed by atoms with Crippen LogP contribution >= 0.6 is 0 Å². The Morgan fingerprint density at radius 1 is 0.972 bits per heavy atom. The Bertz CT molecular complexity index is 1140. The van der Waals surface area contributed by atoms with Gasteiger partial charge in [-0.25, -0.2) is 4.79 Å². The van der Waals surface area contributed by atoms with Crippen LogP contribution in [-0.2, 0) is 30.2 Å². The summed E-state index contributed by atoms with van der Waals surface area (Å²) in [4.78, 5) is 14.2. The lowest BCUT2D eigenvalue weighted by Gasteiger charge is -2.24. The molecule has 1 aromatic heterocycles. The van der Waals surface area contributed by atoms with Crippen LogP contribution in [0.3, 0.4) is 0 Å². The average Bonchev–Trinajstić information content (AvgIpc) is 3.23. The average molecular weight is 513 g/mol. The van der Waals surface area contributed by atoms with Gasteiger partial charge in [0, 0.05) is 37.8 Å². The summed E-state index contributed by atoms with van der Waals surface area (Å²) < 4.78 is 86.1. The van der Waals surface area contributed by atoms with Crippen molar-refractivity contribution in [3.05, 3.63) is 88.7 Å². The highest BCUT2D eigenvalue weighted by Crippen LogP contribution is 2.37. The van der Waals surface area contributed by atoms with Crippen LogP contribution in [0.25, 0.3) is 0 Å². The summed E-state index contributed by atoms with van der Waals surface area (Å²) in [5.41, 5.74) is -0.778. The highest BCUT2D eigenvalue weighted by Gasteiger charge is 2.37. The molecule has 0 spiro atoms. The summed E-state index contributed by atoms with van der Waals surface area (Å²) in [7, 11) is 1.42. The number of anilines is 1. The smallest absolute Gasteiger partial charge is 0.383 e. The summed E-state index contributed by atoms with van der Waals surface area (Å²) in [6, 6.07) is 11.6. The van der Waals surface area contributed by atoms with Gasteiger partial charge < -0.3 is 19.5 Å². The fourth-order valence-electron chi connectivity index (χ4n) is 3.52. The van der Waals surface area contributed by atoms with E-state index in [-0.39, 0.29) is 25.8 Å². The summed E-state index contributed by atoms with van der Waals surface area (Å²) in [6.45, 7) is 2.72. The quantitative estimate of drug-likeness (QED) is 0.347.